The number of Topliss-reactive ketones (excluding diaryl/α,β-unsaturated/α-hetero) is 1. The van der Waals surface area contributed by atoms with E-state index in [1.54, 1.807) is 0 Å². The van der Waals surface area contributed by atoms with Crippen molar-refractivity contribution in [2.24, 2.45) is 5.92 Å². The minimum atomic E-state index is -5.18. The molecule has 0 heterocycles. The third kappa shape index (κ3) is 4.70. The van der Waals surface area contributed by atoms with Crippen LogP contribution in [0.5, 0.6) is 0 Å². The van der Waals surface area contributed by atoms with Crippen molar-refractivity contribution in [2.45, 2.75) is 19.5 Å². The van der Waals surface area contributed by atoms with E-state index in [1.165, 1.54) is 13.0 Å². The van der Waals surface area contributed by atoms with Gasteiger partial charge in [-0.15, -0.1) is 0 Å². The van der Waals surface area contributed by atoms with E-state index < -0.39 is 36.1 Å². The predicted molar refractivity (Wildman–Crippen MR) is 66.3 cm³/mol. The van der Waals surface area contributed by atoms with Crippen molar-refractivity contribution >= 4 is 23.4 Å². The molecule has 21 heavy (non-hydrogen) atoms. The number of hydrogen-bond donors (Lipinski definition) is 0. The molecule has 0 radical (unpaired) electrons. The number of hydrogen-bond acceptors (Lipinski definition) is 3. The van der Waals surface area contributed by atoms with E-state index in [0.29, 0.717) is 0 Å². The molecule has 0 fully saturated rings. The van der Waals surface area contributed by atoms with Crippen LogP contribution in [-0.4, -0.2) is 24.5 Å². The lowest BCUT2D eigenvalue weighted by atomic mass is 9.95. The monoisotopic (exact) mass is 326 g/mol. The molecule has 8 heteroatoms. The van der Waals surface area contributed by atoms with Crippen LogP contribution in [0.15, 0.2) is 18.2 Å². The maximum Gasteiger partial charge on any atom is 0.450 e. The second-order valence-corrected chi connectivity index (χ2v) is 4.53. The van der Waals surface area contributed by atoms with Crippen molar-refractivity contribution in [3.8, 4) is 0 Å². The molecule has 0 bridgehead atoms. The molecular weight excluding hydrogens is 316 g/mol. The van der Waals surface area contributed by atoms with Crippen LogP contribution in [0.1, 0.15) is 12.5 Å². The Morgan fingerprint density at radius 2 is 1.95 bits per heavy atom. The van der Waals surface area contributed by atoms with Gasteiger partial charge in [-0.05, 0) is 31.0 Å². The van der Waals surface area contributed by atoms with Gasteiger partial charge in [0.05, 0.1) is 11.6 Å². The van der Waals surface area contributed by atoms with Crippen molar-refractivity contribution in [3.05, 3.63) is 34.6 Å². The summed E-state index contributed by atoms with van der Waals surface area (Å²) < 4.78 is 55.2. The molecule has 0 N–H and O–H groups in total. The van der Waals surface area contributed by atoms with Crippen LogP contribution >= 0.6 is 11.6 Å². The zero-order valence-corrected chi connectivity index (χ0v) is 11.6. The van der Waals surface area contributed by atoms with Crippen molar-refractivity contribution in [3.63, 3.8) is 0 Å². The van der Waals surface area contributed by atoms with E-state index in [2.05, 4.69) is 4.74 Å². The zero-order chi connectivity index (χ0) is 16.2. The first kappa shape index (κ1) is 17.4. The van der Waals surface area contributed by atoms with Gasteiger partial charge in [0.15, 0.2) is 0 Å². The molecular formula is C13H11ClF4O3. The van der Waals surface area contributed by atoms with Gasteiger partial charge in [-0.2, -0.15) is 13.2 Å². The molecule has 1 aromatic carbocycles. The molecule has 116 valence electrons. The highest BCUT2D eigenvalue weighted by atomic mass is 35.5. The van der Waals surface area contributed by atoms with Crippen LogP contribution in [0.4, 0.5) is 17.6 Å². The third-order valence-corrected chi connectivity index (χ3v) is 2.90. The topological polar surface area (TPSA) is 43.4 Å². The number of alkyl halides is 3. The SMILES string of the molecule is CCOC(=O)[C@H](Cc1ccc(Cl)c(F)c1)C(=O)C(F)(F)F. The fourth-order valence-electron chi connectivity index (χ4n) is 1.63. The molecule has 0 saturated heterocycles. The fourth-order valence-corrected chi connectivity index (χ4v) is 1.74. The van der Waals surface area contributed by atoms with Gasteiger partial charge >= 0.3 is 12.1 Å². The number of ether oxygens (including phenoxy) is 1. The summed E-state index contributed by atoms with van der Waals surface area (Å²) in [5.74, 6) is -6.44. The molecule has 0 aromatic heterocycles. The molecule has 1 rings (SSSR count). The largest absolute Gasteiger partial charge is 0.465 e. The number of ketones is 1. The van der Waals surface area contributed by atoms with Gasteiger partial charge < -0.3 is 4.74 Å². The van der Waals surface area contributed by atoms with Crippen LogP contribution in [0, 0.1) is 11.7 Å². The Morgan fingerprint density at radius 3 is 2.43 bits per heavy atom. The van der Waals surface area contributed by atoms with E-state index >= 15 is 0 Å². The van der Waals surface area contributed by atoms with Gasteiger partial charge in [0, 0.05) is 0 Å². The van der Waals surface area contributed by atoms with E-state index in [1.807, 2.05) is 0 Å². The number of halogens is 5. The molecule has 3 nitrogen and oxygen atoms in total. The number of carbonyl (C=O) groups is 2. The fraction of sp³-hybridized carbons (Fsp3) is 0.385. The van der Waals surface area contributed by atoms with E-state index in [9.17, 15) is 27.2 Å². The zero-order valence-electron chi connectivity index (χ0n) is 10.8. The van der Waals surface area contributed by atoms with Crippen LogP contribution in [0.3, 0.4) is 0 Å². The smallest absolute Gasteiger partial charge is 0.450 e. The summed E-state index contributed by atoms with van der Waals surface area (Å²) in [6.45, 7) is 1.23. The minimum absolute atomic E-state index is 0.0348. The highest BCUT2D eigenvalue weighted by Gasteiger charge is 2.46. The standard InChI is InChI=1S/C13H11ClF4O3/c1-2-21-12(20)8(11(19)13(16,17)18)5-7-3-4-9(14)10(15)6-7/h3-4,6,8H,2,5H2,1H3/t8-/m1/s1. The molecule has 1 aromatic rings. The van der Waals surface area contributed by atoms with Crippen LogP contribution < -0.4 is 0 Å². The Balaban J connectivity index is 3.04. The highest BCUT2D eigenvalue weighted by Crippen LogP contribution is 2.25. The lowest BCUT2D eigenvalue weighted by Crippen LogP contribution is -2.37. The predicted octanol–water partition coefficient (Wildman–Crippen LogP) is 3.33. The van der Waals surface area contributed by atoms with E-state index in [-0.39, 0.29) is 17.2 Å². The van der Waals surface area contributed by atoms with Crippen molar-refractivity contribution in [1.29, 1.82) is 0 Å². The average Bonchev–Trinajstić information content (AvgIpc) is 2.38. The number of carbonyl (C=O) groups excluding carboxylic acids is 2. The number of benzene rings is 1. The van der Waals surface area contributed by atoms with Gasteiger partial charge in [-0.1, -0.05) is 17.7 Å². The molecule has 1 atom stereocenters. The highest BCUT2D eigenvalue weighted by molar-refractivity contribution is 6.30. The van der Waals surface area contributed by atoms with Crippen LogP contribution in [-0.2, 0) is 20.7 Å². The number of rotatable bonds is 5. The van der Waals surface area contributed by atoms with Crippen LogP contribution in [0.2, 0.25) is 5.02 Å². The van der Waals surface area contributed by atoms with Gasteiger partial charge in [-0.3, -0.25) is 9.59 Å². The Hall–Kier alpha value is -1.63. The molecule has 0 aliphatic rings. The summed E-state index contributed by atoms with van der Waals surface area (Å²) in [6.07, 6.45) is -5.80. The normalized spacial score (nSPS) is 12.9. The lowest BCUT2D eigenvalue weighted by Gasteiger charge is -2.16. The first-order valence-electron chi connectivity index (χ1n) is 5.88. The second-order valence-electron chi connectivity index (χ2n) is 4.12. The lowest BCUT2D eigenvalue weighted by molar-refractivity contribution is -0.180. The first-order chi connectivity index (χ1) is 9.66. The quantitative estimate of drug-likeness (QED) is 0.473. The Bertz CT molecular complexity index is 543. The summed E-state index contributed by atoms with van der Waals surface area (Å²) in [4.78, 5) is 22.8. The van der Waals surface area contributed by atoms with Crippen molar-refractivity contribution in [2.75, 3.05) is 6.61 Å². The Kier molecular flexibility index (Phi) is 5.71. The third-order valence-electron chi connectivity index (χ3n) is 2.59. The molecule has 0 saturated carbocycles. The van der Waals surface area contributed by atoms with Gasteiger partial charge in [0.1, 0.15) is 11.7 Å². The Labute approximate surface area is 122 Å². The maximum atomic E-state index is 13.3. The second kappa shape index (κ2) is 6.89. The molecule has 0 aliphatic carbocycles. The first-order valence-corrected chi connectivity index (χ1v) is 6.26. The van der Waals surface area contributed by atoms with Crippen molar-refractivity contribution in [1.82, 2.24) is 0 Å². The van der Waals surface area contributed by atoms with Gasteiger partial charge in [0.2, 0.25) is 0 Å². The number of esters is 1. The molecule has 0 spiro atoms. The van der Waals surface area contributed by atoms with Crippen molar-refractivity contribution < 1.29 is 31.9 Å². The summed E-state index contributed by atoms with van der Waals surface area (Å²) in [6, 6.07) is 3.24. The maximum absolute atomic E-state index is 13.3. The van der Waals surface area contributed by atoms with Gasteiger partial charge in [-0.25, -0.2) is 4.39 Å². The molecule has 0 amide bonds. The molecule has 0 unspecified atom stereocenters. The Morgan fingerprint density at radius 1 is 1.33 bits per heavy atom. The van der Waals surface area contributed by atoms with Gasteiger partial charge in [0.25, 0.3) is 5.78 Å². The summed E-state index contributed by atoms with van der Waals surface area (Å²) in [5.41, 5.74) is 0.0348. The molecule has 0 aliphatic heterocycles. The van der Waals surface area contributed by atoms with Crippen LogP contribution in [0.25, 0.3) is 0 Å². The summed E-state index contributed by atoms with van der Waals surface area (Å²) >= 11 is 5.45. The summed E-state index contributed by atoms with van der Waals surface area (Å²) in [7, 11) is 0. The minimum Gasteiger partial charge on any atom is -0.465 e. The summed E-state index contributed by atoms with van der Waals surface area (Å²) in [5, 5.41) is -0.214. The van der Waals surface area contributed by atoms with E-state index in [0.717, 1.165) is 12.1 Å². The van der Waals surface area contributed by atoms with E-state index in [4.69, 9.17) is 11.6 Å². The average molecular weight is 327 g/mol.